The normalized spacial score (nSPS) is 10.8. The van der Waals surface area contributed by atoms with Gasteiger partial charge in [0.15, 0.2) is 5.82 Å². The summed E-state index contributed by atoms with van der Waals surface area (Å²) in [7, 11) is 0. The molecule has 0 atom stereocenters. The molecule has 1 amide bonds. The third-order valence-corrected chi connectivity index (χ3v) is 4.91. The Balaban J connectivity index is 1.75. The van der Waals surface area contributed by atoms with Gasteiger partial charge in [-0.15, -0.1) is 5.10 Å². The van der Waals surface area contributed by atoms with Crippen molar-refractivity contribution in [1.82, 2.24) is 14.8 Å². The van der Waals surface area contributed by atoms with Crippen molar-refractivity contribution in [3.8, 4) is 17.1 Å². The molecule has 5 nitrogen and oxygen atoms in total. The number of nitrogens with zero attached hydrogens (tertiary/aromatic N) is 3. The first-order chi connectivity index (χ1) is 14.4. The Hall–Kier alpha value is -3.39. The summed E-state index contributed by atoms with van der Waals surface area (Å²) >= 11 is 3.39. The Morgan fingerprint density at radius 3 is 2.23 bits per heavy atom. The van der Waals surface area contributed by atoms with Crippen LogP contribution in [0.1, 0.15) is 16.2 Å². The smallest absolute Gasteiger partial charge is 0.295 e. The molecule has 0 fully saturated rings. The van der Waals surface area contributed by atoms with Crippen molar-refractivity contribution < 1.29 is 13.6 Å². The third kappa shape index (κ3) is 4.13. The summed E-state index contributed by atoms with van der Waals surface area (Å²) in [5, 5.41) is 7.12. The Morgan fingerprint density at radius 1 is 0.967 bits per heavy atom. The van der Waals surface area contributed by atoms with Crippen LogP contribution in [0.4, 0.5) is 14.5 Å². The van der Waals surface area contributed by atoms with Gasteiger partial charge in [-0.05, 0) is 79.2 Å². The monoisotopic (exact) mass is 468 g/mol. The van der Waals surface area contributed by atoms with Crippen LogP contribution in [0.2, 0.25) is 0 Å². The van der Waals surface area contributed by atoms with Crippen LogP contribution in [0.3, 0.4) is 0 Å². The summed E-state index contributed by atoms with van der Waals surface area (Å²) in [5.74, 6) is -1.02. The maximum absolute atomic E-state index is 13.4. The largest absolute Gasteiger partial charge is 0.319 e. The lowest BCUT2D eigenvalue weighted by Gasteiger charge is -2.06. The number of carbonyl (C=O) groups is 1. The fraction of sp³-hybridized carbons (Fsp3) is 0.0455. The zero-order chi connectivity index (χ0) is 21.3. The molecular formula is C22H15BrF2N4O. The molecule has 4 aromatic rings. The van der Waals surface area contributed by atoms with Gasteiger partial charge in [-0.2, -0.15) is 0 Å². The molecule has 0 radical (unpaired) electrons. The van der Waals surface area contributed by atoms with Crippen molar-refractivity contribution in [1.29, 1.82) is 0 Å². The number of hydrogen-bond acceptors (Lipinski definition) is 3. The number of nitrogens with one attached hydrogen (secondary N) is 1. The van der Waals surface area contributed by atoms with E-state index in [4.69, 9.17) is 0 Å². The van der Waals surface area contributed by atoms with Crippen molar-refractivity contribution in [2.24, 2.45) is 0 Å². The van der Waals surface area contributed by atoms with E-state index < -0.39 is 17.5 Å². The minimum Gasteiger partial charge on any atom is -0.319 e. The first-order valence-electron chi connectivity index (χ1n) is 8.97. The Bertz CT molecular complexity index is 1160. The number of halogens is 3. The first-order valence-corrected chi connectivity index (χ1v) is 9.76. The van der Waals surface area contributed by atoms with Crippen LogP contribution in [0.5, 0.6) is 0 Å². The van der Waals surface area contributed by atoms with E-state index in [0.717, 1.165) is 10.0 Å². The van der Waals surface area contributed by atoms with E-state index in [1.54, 1.807) is 18.2 Å². The number of rotatable bonds is 4. The molecule has 0 saturated heterocycles. The number of anilines is 1. The molecule has 3 aromatic carbocycles. The lowest BCUT2D eigenvalue weighted by Crippen LogP contribution is -2.15. The molecule has 30 heavy (non-hydrogen) atoms. The lowest BCUT2D eigenvalue weighted by molar-refractivity contribution is 0.101. The minimum atomic E-state index is -0.496. The maximum Gasteiger partial charge on any atom is 0.295 e. The van der Waals surface area contributed by atoms with E-state index in [1.807, 2.05) is 19.1 Å². The summed E-state index contributed by atoms with van der Waals surface area (Å²) in [6.45, 7) is 1.87. The standard InChI is InChI=1S/C22H15BrF2N4O/c1-13-12-15(23)4-11-19(13)26-22(30)20-27-21(14-2-5-16(24)6-3-14)29(28-20)18-9-7-17(25)8-10-18/h2-12H,1H3,(H,26,30). The molecule has 0 unspecified atom stereocenters. The topological polar surface area (TPSA) is 59.8 Å². The van der Waals surface area contributed by atoms with Crippen molar-refractivity contribution in [3.05, 3.63) is 94.2 Å². The molecule has 1 N–H and O–H groups in total. The zero-order valence-electron chi connectivity index (χ0n) is 15.7. The van der Waals surface area contributed by atoms with Crippen LogP contribution >= 0.6 is 15.9 Å². The minimum absolute atomic E-state index is 0.0685. The predicted octanol–water partition coefficient (Wildman–Crippen LogP) is 5.54. The van der Waals surface area contributed by atoms with Crippen molar-refractivity contribution in [3.63, 3.8) is 0 Å². The van der Waals surface area contributed by atoms with E-state index >= 15 is 0 Å². The lowest BCUT2D eigenvalue weighted by atomic mass is 10.2. The summed E-state index contributed by atoms with van der Waals surface area (Å²) in [6, 6.07) is 16.8. The fourth-order valence-corrected chi connectivity index (χ4v) is 3.38. The van der Waals surface area contributed by atoms with Gasteiger partial charge in [0, 0.05) is 15.7 Å². The SMILES string of the molecule is Cc1cc(Br)ccc1NC(=O)c1nc(-c2ccc(F)cc2)n(-c2ccc(F)cc2)n1. The average molecular weight is 469 g/mol. The fourth-order valence-electron chi connectivity index (χ4n) is 2.90. The van der Waals surface area contributed by atoms with Crippen LogP contribution in [0.15, 0.2) is 71.2 Å². The van der Waals surface area contributed by atoms with Gasteiger partial charge in [-0.1, -0.05) is 15.9 Å². The van der Waals surface area contributed by atoms with Crippen LogP contribution in [-0.4, -0.2) is 20.7 Å². The molecule has 0 bridgehead atoms. The van der Waals surface area contributed by atoms with Crippen LogP contribution in [-0.2, 0) is 0 Å². The Labute approximate surface area is 179 Å². The second-order valence-corrected chi connectivity index (χ2v) is 7.48. The third-order valence-electron chi connectivity index (χ3n) is 4.42. The average Bonchev–Trinajstić information content (AvgIpc) is 3.17. The van der Waals surface area contributed by atoms with E-state index in [-0.39, 0.29) is 5.82 Å². The number of aromatic nitrogens is 3. The Kier molecular flexibility index (Phi) is 5.41. The van der Waals surface area contributed by atoms with Gasteiger partial charge >= 0.3 is 0 Å². The summed E-state index contributed by atoms with van der Waals surface area (Å²) in [6.07, 6.45) is 0. The summed E-state index contributed by atoms with van der Waals surface area (Å²) in [5.41, 5.74) is 2.58. The van der Waals surface area contributed by atoms with E-state index in [0.29, 0.717) is 22.8 Å². The first kappa shape index (κ1) is 19.9. The molecule has 4 rings (SSSR count). The highest BCUT2D eigenvalue weighted by atomic mass is 79.9. The molecule has 0 aliphatic carbocycles. The molecule has 0 aliphatic rings. The van der Waals surface area contributed by atoms with Gasteiger partial charge in [0.1, 0.15) is 11.6 Å². The molecule has 8 heteroatoms. The van der Waals surface area contributed by atoms with E-state index in [1.165, 1.54) is 41.1 Å². The van der Waals surface area contributed by atoms with E-state index in [9.17, 15) is 13.6 Å². The number of aryl methyl sites for hydroxylation is 1. The highest BCUT2D eigenvalue weighted by molar-refractivity contribution is 9.10. The van der Waals surface area contributed by atoms with Crippen molar-refractivity contribution in [2.75, 3.05) is 5.32 Å². The van der Waals surface area contributed by atoms with Crippen molar-refractivity contribution >= 4 is 27.5 Å². The zero-order valence-corrected chi connectivity index (χ0v) is 17.3. The summed E-state index contributed by atoms with van der Waals surface area (Å²) in [4.78, 5) is 17.2. The quantitative estimate of drug-likeness (QED) is 0.427. The molecule has 0 aliphatic heterocycles. The number of benzene rings is 3. The van der Waals surface area contributed by atoms with Gasteiger partial charge < -0.3 is 5.32 Å². The van der Waals surface area contributed by atoms with Crippen LogP contribution in [0, 0.1) is 18.6 Å². The highest BCUT2D eigenvalue weighted by Crippen LogP contribution is 2.24. The van der Waals surface area contributed by atoms with Gasteiger partial charge in [-0.25, -0.2) is 18.4 Å². The second-order valence-electron chi connectivity index (χ2n) is 6.57. The molecular weight excluding hydrogens is 454 g/mol. The number of amides is 1. The highest BCUT2D eigenvalue weighted by Gasteiger charge is 2.19. The molecule has 0 saturated carbocycles. The molecule has 1 heterocycles. The van der Waals surface area contributed by atoms with Gasteiger partial charge in [0.05, 0.1) is 5.69 Å². The number of hydrogen-bond donors (Lipinski definition) is 1. The predicted molar refractivity (Wildman–Crippen MR) is 114 cm³/mol. The molecule has 1 aromatic heterocycles. The van der Waals surface area contributed by atoms with Crippen LogP contribution in [0.25, 0.3) is 17.1 Å². The Morgan fingerprint density at radius 2 is 1.60 bits per heavy atom. The summed E-state index contributed by atoms with van der Waals surface area (Å²) < 4.78 is 29.0. The molecule has 0 spiro atoms. The van der Waals surface area contributed by atoms with E-state index in [2.05, 4.69) is 31.3 Å². The number of carbonyl (C=O) groups excluding carboxylic acids is 1. The second kappa shape index (κ2) is 8.16. The van der Waals surface area contributed by atoms with Gasteiger partial charge in [-0.3, -0.25) is 4.79 Å². The molecule has 150 valence electrons. The van der Waals surface area contributed by atoms with Crippen molar-refractivity contribution in [2.45, 2.75) is 6.92 Å². The van der Waals surface area contributed by atoms with Gasteiger partial charge in [0.2, 0.25) is 5.82 Å². The van der Waals surface area contributed by atoms with Gasteiger partial charge in [0.25, 0.3) is 5.91 Å². The van der Waals surface area contributed by atoms with Crippen LogP contribution < -0.4 is 5.32 Å². The maximum atomic E-state index is 13.4.